The summed E-state index contributed by atoms with van der Waals surface area (Å²) in [6.45, 7) is 11.2. The van der Waals surface area contributed by atoms with Crippen molar-refractivity contribution in [3.8, 4) is 5.75 Å². The number of hydrogen-bond acceptors (Lipinski definition) is 3. The minimum absolute atomic E-state index is 0.00612. The Hall–Kier alpha value is -2.23. The van der Waals surface area contributed by atoms with Gasteiger partial charge in [0.25, 0.3) is 0 Å². The lowest BCUT2D eigenvalue weighted by Crippen LogP contribution is -2.28. The smallest absolute Gasteiger partial charge is 0.246 e. The van der Waals surface area contributed by atoms with E-state index < -0.39 is 0 Å². The lowest BCUT2D eigenvalue weighted by Gasteiger charge is -2.16. The number of allylic oxidation sites excluding steroid dienone is 1. The van der Waals surface area contributed by atoms with Crippen molar-refractivity contribution < 1.29 is 13.9 Å². The van der Waals surface area contributed by atoms with Gasteiger partial charge in [-0.15, -0.1) is 0 Å². The summed E-state index contributed by atoms with van der Waals surface area (Å²) in [5.74, 6) is 1.43. The Morgan fingerprint density at radius 3 is 2.61 bits per heavy atom. The van der Waals surface area contributed by atoms with Crippen LogP contribution in [0.3, 0.4) is 0 Å². The van der Waals surface area contributed by atoms with Gasteiger partial charge in [0.1, 0.15) is 5.76 Å². The quantitative estimate of drug-likeness (QED) is 0.738. The fraction of sp³-hybridized carbons (Fsp3) is 0.421. The Kier molecular flexibility index (Phi) is 5.48. The minimum atomic E-state index is 0.00612. The normalized spacial score (nSPS) is 12.0. The summed E-state index contributed by atoms with van der Waals surface area (Å²) in [4.78, 5) is 14.0. The van der Waals surface area contributed by atoms with E-state index in [9.17, 15) is 4.79 Å². The average molecular weight is 315 g/mol. The van der Waals surface area contributed by atoms with Crippen LogP contribution in [0.5, 0.6) is 5.75 Å². The number of carbonyl (C=O) groups is 1. The van der Waals surface area contributed by atoms with E-state index in [2.05, 4.69) is 0 Å². The number of furan rings is 1. The molecular formula is C19H25NO3. The van der Waals surface area contributed by atoms with Gasteiger partial charge < -0.3 is 14.1 Å². The van der Waals surface area contributed by atoms with Gasteiger partial charge in [-0.2, -0.15) is 0 Å². The molecule has 124 valence electrons. The maximum absolute atomic E-state index is 12.2. The summed E-state index contributed by atoms with van der Waals surface area (Å²) in [6.07, 6.45) is 1.71. The first-order valence-corrected chi connectivity index (χ1v) is 8.13. The maximum Gasteiger partial charge on any atom is 0.246 e. The van der Waals surface area contributed by atoms with Crippen LogP contribution in [-0.2, 0) is 4.79 Å². The van der Waals surface area contributed by atoms with Crippen molar-refractivity contribution in [3.63, 3.8) is 0 Å². The Balaban J connectivity index is 2.35. The number of hydrogen-bond donors (Lipinski definition) is 0. The van der Waals surface area contributed by atoms with Crippen molar-refractivity contribution in [1.29, 1.82) is 0 Å². The average Bonchev–Trinajstić information content (AvgIpc) is 2.93. The van der Waals surface area contributed by atoms with Gasteiger partial charge in [0, 0.05) is 24.6 Å². The summed E-state index contributed by atoms with van der Waals surface area (Å²) < 4.78 is 11.7. The summed E-state index contributed by atoms with van der Waals surface area (Å²) in [5, 5.41) is 0.973. The SMILES string of the molecule is CCN(CC)C(=O)/C=C(/C)c1cc2cccc(OC(C)C)c2o1. The lowest BCUT2D eigenvalue weighted by atomic mass is 10.2. The molecule has 1 aromatic heterocycles. The molecule has 0 atom stereocenters. The molecular weight excluding hydrogens is 290 g/mol. The van der Waals surface area contributed by atoms with E-state index in [0.29, 0.717) is 18.8 Å². The number of benzene rings is 1. The third kappa shape index (κ3) is 3.95. The lowest BCUT2D eigenvalue weighted by molar-refractivity contribution is -0.125. The zero-order valence-corrected chi connectivity index (χ0v) is 14.6. The van der Waals surface area contributed by atoms with Gasteiger partial charge in [0.15, 0.2) is 11.3 Å². The van der Waals surface area contributed by atoms with Crippen molar-refractivity contribution >= 4 is 22.4 Å². The molecule has 4 nitrogen and oxygen atoms in total. The highest BCUT2D eigenvalue weighted by Gasteiger charge is 2.13. The molecule has 0 unspecified atom stereocenters. The van der Waals surface area contributed by atoms with E-state index >= 15 is 0 Å². The molecule has 0 N–H and O–H groups in total. The third-order valence-corrected chi connectivity index (χ3v) is 3.67. The van der Waals surface area contributed by atoms with E-state index in [4.69, 9.17) is 9.15 Å². The van der Waals surface area contributed by atoms with E-state index in [1.54, 1.807) is 11.0 Å². The first kappa shape index (κ1) is 17.1. The molecule has 0 aliphatic heterocycles. The van der Waals surface area contributed by atoms with Gasteiger partial charge in [-0.05, 0) is 52.3 Å². The highest BCUT2D eigenvalue weighted by molar-refractivity contribution is 5.95. The molecule has 2 rings (SSSR count). The topological polar surface area (TPSA) is 42.7 Å². The minimum Gasteiger partial charge on any atom is -0.487 e. The fourth-order valence-electron chi connectivity index (χ4n) is 2.46. The summed E-state index contributed by atoms with van der Waals surface area (Å²) in [7, 11) is 0. The van der Waals surface area contributed by atoms with Crippen LogP contribution in [0.25, 0.3) is 16.5 Å². The molecule has 0 saturated heterocycles. The van der Waals surface area contributed by atoms with Gasteiger partial charge in [-0.25, -0.2) is 0 Å². The predicted octanol–water partition coefficient (Wildman–Crippen LogP) is 4.49. The van der Waals surface area contributed by atoms with Gasteiger partial charge in [-0.1, -0.05) is 12.1 Å². The van der Waals surface area contributed by atoms with Crippen molar-refractivity contribution in [1.82, 2.24) is 4.90 Å². The van der Waals surface area contributed by atoms with E-state index in [1.807, 2.05) is 58.9 Å². The molecule has 0 bridgehead atoms. The molecule has 0 spiro atoms. The van der Waals surface area contributed by atoms with Gasteiger partial charge >= 0.3 is 0 Å². The Morgan fingerprint density at radius 2 is 2.00 bits per heavy atom. The molecule has 0 saturated carbocycles. The van der Waals surface area contributed by atoms with Crippen LogP contribution in [0, 0.1) is 0 Å². The molecule has 0 radical (unpaired) electrons. The molecule has 2 aromatic rings. The molecule has 0 fully saturated rings. The number of para-hydroxylation sites is 1. The Morgan fingerprint density at radius 1 is 1.30 bits per heavy atom. The van der Waals surface area contributed by atoms with Crippen LogP contribution in [0.1, 0.15) is 40.4 Å². The van der Waals surface area contributed by atoms with Gasteiger partial charge in [0.2, 0.25) is 5.91 Å². The standard InChI is InChI=1S/C19H25NO3/c1-6-20(7-2)18(21)11-14(5)17-12-15-9-8-10-16(19(15)23-17)22-13(3)4/h8-13H,6-7H2,1-5H3/b14-11-. The van der Waals surface area contributed by atoms with Crippen molar-refractivity contribution in [2.45, 2.75) is 40.7 Å². The Bertz CT molecular complexity index is 708. The van der Waals surface area contributed by atoms with Gasteiger partial charge in [0.05, 0.1) is 6.10 Å². The predicted molar refractivity (Wildman–Crippen MR) is 93.6 cm³/mol. The Labute approximate surface area is 137 Å². The van der Waals surface area contributed by atoms with Crippen LogP contribution < -0.4 is 4.74 Å². The molecule has 0 aliphatic carbocycles. The van der Waals surface area contributed by atoms with Crippen molar-refractivity contribution in [2.24, 2.45) is 0 Å². The highest BCUT2D eigenvalue weighted by Crippen LogP contribution is 2.32. The van der Waals surface area contributed by atoms with E-state index in [-0.39, 0.29) is 12.0 Å². The summed E-state index contributed by atoms with van der Waals surface area (Å²) in [6, 6.07) is 7.77. The van der Waals surface area contributed by atoms with E-state index in [0.717, 1.165) is 22.3 Å². The third-order valence-electron chi connectivity index (χ3n) is 3.67. The van der Waals surface area contributed by atoms with Gasteiger partial charge in [-0.3, -0.25) is 4.79 Å². The second-order valence-electron chi connectivity index (χ2n) is 5.79. The second-order valence-corrected chi connectivity index (χ2v) is 5.79. The van der Waals surface area contributed by atoms with Crippen molar-refractivity contribution in [2.75, 3.05) is 13.1 Å². The van der Waals surface area contributed by atoms with Crippen LogP contribution in [-0.4, -0.2) is 30.0 Å². The number of carbonyl (C=O) groups excluding carboxylic acids is 1. The second kappa shape index (κ2) is 7.36. The number of nitrogens with zero attached hydrogens (tertiary/aromatic N) is 1. The van der Waals surface area contributed by atoms with Crippen molar-refractivity contribution in [3.05, 3.63) is 36.1 Å². The monoisotopic (exact) mass is 315 g/mol. The molecule has 1 amide bonds. The number of ether oxygens (including phenoxy) is 1. The number of amides is 1. The van der Waals surface area contributed by atoms with E-state index in [1.165, 1.54) is 0 Å². The maximum atomic E-state index is 12.2. The first-order valence-electron chi connectivity index (χ1n) is 8.13. The molecule has 0 aliphatic rings. The number of rotatable bonds is 6. The van der Waals surface area contributed by atoms with Crippen LogP contribution >= 0.6 is 0 Å². The highest BCUT2D eigenvalue weighted by atomic mass is 16.5. The van der Waals surface area contributed by atoms with Crippen LogP contribution in [0.15, 0.2) is 34.8 Å². The summed E-state index contributed by atoms with van der Waals surface area (Å²) >= 11 is 0. The largest absolute Gasteiger partial charge is 0.487 e. The molecule has 1 aromatic carbocycles. The van der Waals surface area contributed by atoms with Crippen LogP contribution in [0.2, 0.25) is 0 Å². The first-order chi connectivity index (χ1) is 11.0. The molecule has 23 heavy (non-hydrogen) atoms. The zero-order chi connectivity index (χ0) is 17.0. The molecule has 4 heteroatoms. The van der Waals surface area contributed by atoms with Crippen LogP contribution in [0.4, 0.5) is 0 Å². The molecule has 1 heterocycles. The zero-order valence-electron chi connectivity index (χ0n) is 14.6. The fourth-order valence-corrected chi connectivity index (χ4v) is 2.46. The number of likely N-dealkylation sites (N-methyl/N-ethyl adjacent to an activating group) is 1. The number of fused-ring (bicyclic) bond motifs is 1. The summed E-state index contributed by atoms with van der Waals surface area (Å²) in [5.41, 5.74) is 1.54.